The van der Waals surface area contributed by atoms with Crippen molar-refractivity contribution in [2.45, 2.75) is 0 Å². The molecule has 2 fully saturated rings. The molecule has 0 spiro atoms. The lowest BCUT2D eigenvalue weighted by atomic mass is 10.3. The predicted octanol–water partition coefficient (Wildman–Crippen LogP) is 1.13. The van der Waals surface area contributed by atoms with Crippen LogP contribution in [0.4, 0.5) is 17.1 Å². The van der Waals surface area contributed by atoms with Gasteiger partial charge in [-0.2, -0.15) is 0 Å². The van der Waals surface area contributed by atoms with Crippen LogP contribution in [0.3, 0.4) is 0 Å². The van der Waals surface area contributed by atoms with Crippen molar-refractivity contribution in [1.82, 2.24) is 14.2 Å². The second kappa shape index (κ2) is 13.9. The molecule has 14 heteroatoms. The molecule has 0 saturated carbocycles. The van der Waals surface area contributed by atoms with Gasteiger partial charge in [-0.25, -0.2) is 22.0 Å². The summed E-state index contributed by atoms with van der Waals surface area (Å²) in [5.41, 5.74) is 5.01. The summed E-state index contributed by atoms with van der Waals surface area (Å²) in [5, 5.41) is 1.53. The van der Waals surface area contributed by atoms with Gasteiger partial charge in [0.2, 0.25) is 20.0 Å². The summed E-state index contributed by atoms with van der Waals surface area (Å²) < 4.78 is 64.7. The molecule has 0 radical (unpaired) electrons. The minimum atomic E-state index is -3.65. The summed E-state index contributed by atoms with van der Waals surface area (Å²) in [5.74, 6) is 0. The zero-order chi connectivity index (χ0) is 28.6. The zero-order valence-corrected chi connectivity index (χ0v) is 24.8. The van der Waals surface area contributed by atoms with Gasteiger partial charge in [-0.05, 0) is 36.4 Å². The lowest BCUT2D eigenvalue weighted by Crippen LogP contribution is -2.53. The number of ether oxygens (including phenoxy) is 2. The second-order valence-corrected chi connectivity index (χ2v) is 13.7. The number of nitrogens with zero attached hydrogens (tertiary/aromatic N) is 5. The van der Waals surface area contributed by atoms with Crippen LogP contribution in [0.1, 0.15) is 0 Å². The van der Waals surface area contributed by atoms with Crippen LogP contribution >= 0.6 is 0 Å². The summed E-state index contributed by atoms with van der Waals surface area (Å²) in [4.78, 5) is 4.36. The molecular formula is C26H40N6O6S2. The smallest absolute Gasteiger partial charge is 0.232 e. The van der Waals surface area contributed by atoms with Crippen molar-refractivity contribution in [3.8, 4) is 0 Å². The van der Waals surface area contributed by atoms with Gasteiger partial charge >= 0.3 is 0 Å². The highest BCUT2D eigenvalue weighted by molar-refractivity contribution is 7.92. The monoisotopic (exact) mass is 596 g/mol. The molecule has 0 aliphatic carbocycles. The van der Waals surface area contributed by atoms with Crippen LogP contribution in [0.2, 0.25) is 0 Å². The van der Waals surface area contributed by atoms with Crippen LogP contribution < -0.4 is 14.8 Å². The largest absolute Gasteiger partial charge is 0.379 e. The van der Waals surface area contributed by atoms with Crippen LogP contribution in [-0.4, -0.2) is 122 Å². The fraction of sp³-hybridized carbons (Fsp3) is 0.538. The van der Waals surface area contributed by atoms with E-state index in [0.717, 1.165) is 26.2 Å². The van der Waals surface area contributed by atoms with Crippen LogP contribution in [0.5, 0.6) is 0 Å². The van der Waals surface area contributed by atoms with E-state index in [1.54, 1.807) is 24.3 Å². The van der Waals surface area contributed by atoms with Gasteiger partial charge in [-0.3, -0.25) is 19.5 Å². The van der Waals surface area contributed by atoms with Crippen molar-refractivity contribution >= 4 is 37.1 Å². The van der Waals surface area contributed by atoms with E-state index in [2.05, 4.69) is 15.2 Å². The van der Waals surface area contributed by atoms with Gasteiger partial charge in [-0.15, -0.1) is 0 Å². The predicted molar refractivity (Wildman–Crippen MR) is 157 cm³/mol. The normalized spacial score (nSPS) is 17.6. The number of hydrogen-bond donors (Lipinski definition) is 1. The molecule has 0 aromatic heterocycles. The number of rotatable bonds is 13. The summed E-state index contributed by atoms with van der Waals surface area (Å²) in [6.07, 6.45) is 2.39. The summed E-state index contributed by atoms with van der Waals surface area (Å²) in [7, 11) is -7.16. The number of morpholine rings is 2. The molecule has 222 valence electrons. The van der Waals surface area contributed by atoms with Gasteiger partial charge in [0.1, 0.15) is 0 Å². The van der Waals surface area contributed by atoms with E-state index in [9.17, 15) is 16.8 Å². The van der Waals surface area contributed by atoms with Crippen LogP contribution in [-0.2, 0) is 29.5 Å². The molecular weight excluding hydrogens is 556 g/mol. The molecule has 0 bridgehead atoms. The first-order chi connectivity index (χ1) is 19.1. The Morgan fingerprint density at radius 1 is 0.700 bits per heavy atom. The van der Waals surface area contributed by atoms with E-state index < -0.39 is 20.0 Å². The Morgan fingerprint density at radius 3 is 1.73 bits per heavy atom. The third-order valence-corrected chi connectivity index (χ3v) is 9.14. The van der Waals surface area contributed by atoms with Crippen LogP contribution in [0, 0.1) is 0 Å². The topological polar surface area (TPSA) is 115 Å². The quantitative estimate of drug-likeness (QED) is 0.338. The fourth-order valence-electron chi connectivity index (χ4n) is 4.65. The number of hydrazine groups is 2. The molecule has 2 aromatic rings. The lowest BCUT2D eigenvalue weighted by Gasteiger charge is -2.37. The average Bonchev–Trinajstić information content (AvgIpc) is 2.94. The maximum Gasteiger partial charge on any atom is 0.232 e. The number of sulfonamides is 2. The Bertz CT molecular complexity index is 1270. The fourth-order valence-corrected chi connectivity index (χ4v) is 6.42. The van der Waals surface area contributed by atoms with E-state index in [4.69, 9.17) is 9.47 Å². The first-order valence-corrected chi connectivity index (χ1v) is 17.1. The van der Waals surface area contributed by atoms with E-state index in [0.29, 0.717) is 63.1 Å². The maximum absolute atomic E-state index is 13.0. The number of anilines is 3. The molecule has 2 aliphatic rings. The van der Waals surface area contributed by atoms with Gasteiger partial charge in [0, 0.05) is 52.4 Å². The Balaban J connectivity index is 1.53. The molecule has 4 rings (SSSR count). The number of benzene rings is 2. The van der Waals surface area contributed by atoms with Crippen molar-refractivity contribution in [1.29, 1.82) is 0 Å². The van der Waals surface area contributed by atoms with Gasteiger partial charge in [0.15, 0.2) is 0 Å². The second-order valence-electron chi connectivity index (χ2n) is 9.86. The van der Waals surface area contributed by atoms with Crippen molar-refractivity contribution in [2.75, 3.05) is 106 Å². The summed E-state index contributed by atoms with van der Waals surface area (Å²) in [6.45, 7) is 7.31. The molecule has 2 saturated heterocycles. The molecule has 0 atom stereocenters. The van der Waals surface area contributed by atoms with Crippen molar-refractivity contribution < 1.29 is 26.3 Å². The Hall–Kier alpha value is -2.46. The molecule has 2 heterocycles. The average molecular weight is 597 g/mol. The minimum absolute atomic E-state index is 0.238. The van der Waals surface area contributed by atoms with Gasteiger partial charge in [0.05, 0.1) is 56.0 Å². The third kappa shape index (κ3) is 8.77. The Morgan fingerprint density at radius 2 is 1.23 bits per heavy atom. The standard InChI is InChI=1S/C26H40N6O6S2/c1-39(33,34)30(14-12-28-16-20-37-21-17-28)25-10-8-24(9-11-25)27-32(26-6-4-3-5-7-26)31(40(2,35)36)15-13-29-18-22-38-23-19-29/h3-11,27H,12-23H2,1-2H3. The van der Waals surface area contributed by atoms with E-state index >= 15 is 0 Å². The van der Waals surface area contributed by atoms with E-state index in [1.165, 1.54) is 26.3 Å². The SMILES string of the molecule is CS(=O)(=O)N(CCN1CCOCC1)c1ccc(NN(c2ccccc2)N(CCN2CCOCC2)S(C)(=O)=O)cc1. The molecule has 2 aliphatic heterocycles. The zero-order valence-electron chi connectivity index (χ0n) is 23.2. The van der Waals surface area contributed by atoms with Crippen molar-refractivity contribution in [3.63, 3.8) is 0 Å². The van der Waals surface area contributed by atoms with Crippen LogP contribution in [0.15, 0.2) is 54.6 Å². The number of para-hydroxylation sites is 1. The minimum Gasteiger partial charge on any atom is -0.379 e. The molecule has 40 heavy (non-hydrogen) atoms. The Labute approximate surface area is 238 Å². The van der Waals surface area contributed by atoms with Crippen LogP contribution in [0.25, 0.3) is 0 Å². The highest BCUT2D eigenvalue weighted by Crippen LogP contribution is 2.24. The van der Waals surface area contributed by atoms with Gasteiger partial charge < -0.3 is 9.47 Å². The van der Waals surface area contributed by atoms with Gasteiger partial charge in [0.25, 0.3) is 0 Å². The highest BCUT2D eigenvalue weighted by Gasteiger charge is 2.27. The Kier molecular flexibility index (Phi) is 10.6. The molecule has 1 N–H and O–H groups in total. The first-order valence-electron chi connectivity index (χ1n) is 13.4. The molecule has 0 unspecified atom stereocenters. The number of nitrogens with one attached hydrogen (secondary N) is 1. The first kappa shape index (κ1) is 30.5. The van der Waals surface area contributed by atoms with Crippen molar-refractivity contribution in [2.24, 2.45) is 0 Å². The maximum atomic E-state index is 13.0. The van der Waals surface area contributed by atoms with E-state index in [1.807, 2.05) is 30.3 Å². The summed E-state index contributed by atoms with van der Waals surface area (Å²) in [6, 6.07) is 16.2. The summed E-state index contributed by atoms with van der Waals surface area (Å²) >= 11 is 0. The van der Waals surface area contributed by atoms with Gasteiger partial charge in [-0.1, -0.05) is 22.6 Å². The van der Waals surface area contributed by atoms with Crippen molar-refractivity contribution in [3.05, 3.63) is 54.6 Å². The molecule has 12 nitrogen and oxygen atoms in total. The highest BCUT2D eigenvalue weighted by atomic mass is 32.2. The molecule has 2 aromatic carbocycles. The lowest BCUT2D eigenvalue weighted by molar-refractivity contribution is 0.0362. The number of hydrogen-bond acceptors (Lipinski definition) is 10. The van der Waals surface area contributed by atoms with E-state index in [-0.39, 0.29) is 6.54 Å². The molecule has 0 amide bonds. The third-order valence-electron chi connectivity index (χ3n) is 6.83.